The number of carbonyl (C=O) groups excluding carboxylic acids is 1. The Labute approximate surface area is 109 Å². The van der Waals surface area contributed by atoms with E-state index in [1.165, 1.54) is 36.1 Å². The highest BCUT2D eigenvalue weighted by molar-refractivity contribution is 5.79. The molecule has 0 unspecified atom stereocenters. The molecular formula is C16H21NO. The third-order valence-electron chi connectivity index (χ3n) is 4.36. The predicted molar refractivity (Wildman–Crippen MR) is 73.9 cm³/mol. The molecule has 0 bridgehead atoms. The van der Waals surface area contributed by atoms with Crippen molar-refractivity contribution in [2.24, 2.45) is 5.92 Å². The topological polar surface area (TPSA) is 29.1 Å². The molecule has 0 spiro atoms. The van der Waals surface area contributed by atoms with Gasteiger partial charge in [0.2, 0.25) is 0 Å². The highest BCUT2D eigenvalue weighted by Gasteiger charge is 2.18. The highest BCUT2D eigenvalue weighted by atomic mass is 16.1. The van der Waals surface area contributed by atoms with Crippen molar-refractivity contribution in [1.29, 1.82) is 0 Å². The molecular weight excluding hydrogens is 222 g/mol. The molecule has 2 aliphatic rings. The minimum atomic E-state index is 0.448. The maximum atomic E-state index is 11.2. The zero-order valence-electron chi connectivity index (χ0n) is 10.9. The quantitative estimate of drug-likeness (QED) is 0.882. The molecule has 2 heteroatoms. The Kier molecular flexibility index (Phi) is 3.35. The molecule has 2 aliphatic carbocycles. The lowest BCUT2D eigenvalue weighted by atomic mass is 9.88. The van der Waals surface area contributed by atoms with Gasteiger partial charge in [0.15, 0.2) is 0 Å². The summed E-state index contributed by atoms with van der Waals surface area (Å²) in [4.78, 5) is 11.2. The average molecular weight is 243 g/mol. The molecule has 0 amide bonds. The number of hydrogen-bond donors (Lipinski definition) is 1. The first-order valence-corrected chi connectivity index (χ1v) is 7.18. The molecule has 0 aromatic heterocycles. The summed E-state index contributed by atoms with van der Waals surface area (Å²) in [5.74, 6) is 1.12. The Morgan fingerprint density at radius 1 is 1.06 bits per heavy atom. The van der Waals surface area contributed by atoms with Crippen LogP contribution in [0.5, 0.6) is 0 Å². The van der Waals surface area contributed by atoms with Crippen LogP contribution in [0, 0.1) is 5.92 Å². The lowest BCUT2D eigenvalue weighted by Crippen LogP contribution is -2.21. The Balaban J connectivity index is 1.55. The van der Waals surface area contributed by atoms with Gasteiger partial charge in [-0.25, -0.2) is 0 Å². The van der Waals surface area contributed by atoms with Crippen LogP contribution < -0.4 is 5.32 Å². The van der Waals surface area contributed by atoms with E-state index >= 15 is 0 Å². The first-order chi connectivity index (χ1) is 8.81. The fourth-order valence-corrected chi connectivity index (χ4v) is 3.15. The van der Waals surface area contributed by atoms with Gasteiger partial charge in [-0.15, -0.1) is 0 Å². The zero-order chi connectivity index (χ0) is 12.4. The molecule has 0 saturated heterocycles. The number of Topliss-reactive ketones (excluding diaryl/α,β-unsaturated/α-hetero) is 1. The lowest BCUT2D eigenvalue weighted by Gasteiger charge is -2.21. The molecule has 0 atom stereocenters. The number of carbonyl (C=O) groups is 1. The Morgan fingerprint density at radius 2 is 1.83 bits per heavy atom. The Morgan fingerprint density at radius 3 is 2.67 bits per heavy atom. The molecule has 3 rings (SSSR count). The molecule has 1 fully saturated rings. The second kappa shape index (κ2) is 5.13. The maximum absolute atomic E-state index is 11.2. The summed E-state index contributed by atoms with van der Waals surface area (Å²) in [5, 5.41) is 3.55. The third kappa shape index (κ3) is 2.58. The van der Waals surface area contributed by atoms with Crippen molar-refractivity contribution in [3.63, 3.8) is 0 Å². The molecule has 1 N–H and O–H groups in total. The van der Waals surface area contributed by atoms with E-state index in [9.17, 15) is 4.79 Å². The van der Waals surface area contributed by atoms with Gasteiger partial charge >= 0.3 is 0 Å². The number of nitrogens with one attached hydrogen (secondary N) is 1. The minimum absolute atomic E-state index is 0.448. The average Bonchev–Trinajstić information content (AvgIpc) is 2.85. The van der Waals surface area contributed by atoms with Crippen molar-refractivity contribution in [1.82, 2.24) is 0 Å². The summed E-state index contributed by atoms with van der Waals surface area (Å²) >= 11 is 0. The van der Waals surface area contributed by atoms with Gasteiger partial charge in [-0.1, -0.05) is 6.07 Å². The molecule has 0 radical (unpaired) electrons. The van der Waals surface area contributed by atoms with Gasteiger partial charge in [0, 0.05) is 25.1 Å². The molecule has 1 aromatic rings. The van der Waals surface area contributed by atoms with Gasteiger partial charge in [0.05, 0.1) is 0 Å². The summed E-state index contributed by atoms with van der Waals surface area (Å²) in [6.07, 6.45) is 7.51. The summed E-state index contributed by atoms with van der Waals surface area (Å²) in [6.45, 7) is 1.02. The maximum Gasteiger partial charge on any atom is 0.132 e. The lowest BCUT2D eigenvalue weighted by molar-refractivity contribution is -0.120. The standard InChI is InChI=1S/C16H21NO/c18-16-8-4-12(5-9-16)11-17-15-7-6-13-2-1-3-14(13)10-15/h6-7,10,12,17H,1-5,8-9,11H2. The van der Waals surface area contributed by atoms with Crippen LogP contribution in [0.3, 0.4) is 0 Å². The number of rotatable bonds is 3. The molecule has 0 aliphatic heterocycles. The number of aryl methyl sites for hydroxylation is 2. The first-order valence-electron chi connectivity index (χ1n) is 7.18. The number of ketones is 1. The van der Waals surface area contributed by atoms with E-state index < -0.39 is 0 Å². The fraction of sp³-hybridized carbons (Fsp3) is 0.562. The van der Waals surface area contributed by atoms with Crippen LogP contribution in [0.1, 0.15) is 43.2 Å². The smallest absolute Gasteiger partial charge is 0.132 e. The molecule has 2 nitrogen and oxygen atoms in total. The van der Waals surface area contributed by atoms with E-state index in [1.807, 2.05) is 0 Å². The predicted octanol–water partition coefficient (Wildman–Crippen LogP) is 3.35. The van der Waals surface area contributed by atoms with E-state index in [4.69, 9.17) is 0 Å². The number of anilines is 1. The van der Waals surface area contributed by atoms with Crippen LogP contribution in [0.2, 0.25) is 0 Å². The Bertz CT molecular complexity index is 442. The molecule has 0 heterocycles. The number of benzene rings is 1. The Hall–Kier alpha value is -1.31. The third-order valence-corrected chi connectivity index (χ3v) is 4.36. The first kappa shape index (κ1) is 11.8. The molecule has 18 heavy (non-hydrogen) atoms. The molecule has 1 saturated carbocycles. The molecule has 1 aromatic carbocycles. The van der Waals surface area contributed by atoms with Crippen molar-refractivity contribution >= 4 is 11.5 Å². The molecule has 96 valence electrons. The van der Waals surface area contributed by atoms with Crippen molar-refractivity contribution in [2.45, 2.75) is 44.9 Å². The van der Waals surface area contributed by atoms with Gasteiger partial charge in [0.1, 0.15) is 5.78 Å². The second-order valence-electron chi connectivity index (χ2n) is 5.70. The van der Waals surface area contributed by atoms with Crippen molar-refractivity contribution < 1.29 is 4.79 Å². The normalized spacial score (nSPS) is 19.9. The van der Waals surface area contributed by atoms with E-state index in [-0.39, 0.29) is 0 Å². The number of hydrogen-bond acceptors (Lipinski definition) is 2. The number of fused-ring (bicyclic) bond motifs is 1. The highest BCUT2D eigenvalue weighted by Crippen LogP contribution is 2.26. The monoisotopic (exact) mass is 243 g/mol. The summed E-state index contributed by atoms with van der Waals surface area (Å²) in [6, 6.07) is 6.80. The van der Waals surface area contributed by atoms with Crippen molar-refractivity contribution in [3.8, 4) is 0 Å². The van der Waals surface area contributed by atoms with Crippen LogP contribution in [0.15, 0.2) is 18.2 Å². The van der Waals surface area contributed by atoms with Crippen molar-refractivity contribution in [3.05, 3.63) is 29.3 Å². The van der Waals surface area contributed by atoms with Gasteiger partial charge in [-0.05, 0) is 61.3 Å². The van der Waals surface area contributed by atoms with E-state index in [0.29, 0.717) is 11.7 Å². The second-order valence-corrected chi connectivity index (χ2v) is 5.70. The SMILES string of the molecule is O=C1CCC(CNc2ccc3c(c2)CCC3)CC1. The van der Waals surface area contributed by atoms with Gasteiger partial charge < -0.3 is 5.32 Å². The largest absolute Gasteiger partial charge is 0.385 e. The van der Waals surface area contributed by atoms with Crippen LogP contribution >= 0.6 is 0 Å². The van der Waals surface area contributed by atoms with E-state index in [2.05, 4.69) is 23.5 Å². The summed E-state index contributed by atoms with van der Waals surface area (Å²) < 4.78 is 0. The minimum Gasteiger partial charge on any atom is -0.385 e. The van der Waals surface area contributed by atoms with E-state index in [1.54, 1.807) is 0 Å². The van der Waals surface area contributed by atoms with Crippen LogP contribution in [0.4, 0.5) is 5.69 Å². The van der Waals surface area contributed by atoms with Crippen LogP contribution in [-0.2, 0) is 17.6 Å². The van der Waals surface area contributed by atoms with Crippen LogP contribution in [-0.4, -0.2) is 12.3 Å². The van der Waals surface area contributed by atoms with E-state index in [0.717, 1.165) is 32.2 Å². The van der Waals surface area contributed by atoms with Gasteiger partial charge in [-0.3, -0.25) is 4.79 Å². The zero-order valence-corrected chi connectivity index (χ0v) is 10.9. The van der Waals surface area contributed by atoms with Crippen LogP contribution in [0.25, 0.3) is 0 Å². The summed E-state index contributed by atoms with van der Waals surface area (Å²) in [7, 11) is 0. The van der Waals surface area contributed by atoms with Crippen molar-refractivity contribution in [2.75, 3.05) is 11.9 Å². The summed E-state index contributed by atoms with van der Waals surface area (Å²) in [5.41, 5.74) is 4.31. The fourth-order valence-electron chi connectivity index (χ4n) is 3.15. The van der Waals surface area contributed by atoms with Gasteiger partial charge in [0.25, 0.3) is 0 Å². The van der Waals surface area contributed by atoms with Gasteiger partial charge in [-0.2, -0.15) is 0 Å².